The first kappa shape index (κ1) is 20.6. The molecule has 24 heavy (non-hydrogen) atoms. The van der Waals surface area contributed by atoms with E-state index in [1.54, 1.807) is 19.6 Å². The maximum atomic E-state index is 5.85. The molecule has 1 aromatic heterocycles. The minimum absolute atomic E-state index is 0. The number of hydrogen-bond acceptors (Lipinski definition) is 3. The smallest absolute Gasteiger partial charge is 0.193 e. The molecule has 0 unspecified atom stereocenters. The van der Waals surface area contributed by atoms with Crippen molar-refractivity contribution in [2.75, 3.05) is 33.8 Å². The maximum absolute atomic E-state index is 5.85. The van der Waals surface area contributed by atoms with Gasteiger partial charge < -0.3 is 19.5 Å². The second kappa shape index (κ2) is 11.1. The first-order valence-electron chi connectivity index (χ1n) is 7.45. The molecule has 1 heterocycles. The van der Waals surface area contributed by atoms with Crippen LogP contribution in [-0.4, -0.2) is 54.2 Å². The lowest BCUT2D eigenvalue weighted by atomic mass is 10.3. The fourth-order valence-electron chi connectivity index (χ4n) is 2.04. The summed E-state index contributed by atoms with van der Waals surface area (Å²) in [4.78, 5) is 10.3. The molecule has 0 saturated heterocycles. The molecular formula is C16H23ClIN5O. The highest BCUT2D eigenvalue weighted by Crippen LogP contribution is 2.15. The van der Waals surface area contributed by atoms with Crippen molar-refractivity contribution in [2.45, 2.75) is 6.54 Å². The van der Waals surface area contributed by atoms with Gasteiger partial charge in [0.05, 0.1) is 12.9 Å². The molecule has 1 aromatic carbocycles. The number of likely N-dealkylation sites (N-methyl/N-ethyl adjacent to an activating group) is 1. The molecule has 8 heteroatoms. The van der Waals surface area contributed by atoms with Gasteiger partial charge in [0.15, 0.2) is 5.96 Å². The van der Waals surface area contributed by atoms with E-state index >= 15 is 0 Å². The van der Waals surface area contributed by atoms with Crippen molar-refractivity contribution in [2.24, 2.45) is 4.99 Å². The van der Waals surface area contributed by atoms with Gasteiger partial charge in [-0.05, 0) is 24.3 Å². The third-order valence-corrected chi connectivity index (χ3v) is 3.55. The van der Waals surface area contributed by atoms with Gasteiger partial charge in [-0.15, -0.1) is 24.0 Å². The van der Waals surface area contributed by atoms with Crippen molar-refractivity contribution in [3.63, 3.8) is 0 Å². The average molecular weight is 464 g/mol. The van der Waals surface area contributed by atoms with Crippen molar-refractivity contribution in [1.82, 2.24) is 19.8 Å². The number of nitrogens with zero attached hydrogens (tertiary/aromatic N) is 4. The molecule has 2 aromatic rings. The van der Waals surface area contributed by atoms with Crippen LogP contribution >= 0.6 is 35.6 Å². The Kier molecular flexibility index (Phi) is 9.55. The van der Waals surface area contributed by atoms with Gasteiger partial charge in [-0.1, -0.05) is 11.6 Å². The highest BCUT2D eigenvalue weighted by Gasteiger charge is 2.05. The molecule has 0 bridgehead atoms. The van der Waals surface area contributed by atoms with E-state index in [-0.39, 0.29) is 24.0 Å². The molecule has 1 N–H and O–H groups in total. The number of rotatable bonds is 7. The van der Waals surface area contributed by atoms with Crippen LogP contribution in [0.25, 0.3) is 0 Å². The van der Waals surface area contributed by atoms with Crippen LogP contribution in [0.5, 0.6) is 5.75 Å². The topological polar surface area (TPSA) is 54.7 Å². The van der Waals surface area contributed by atoms with Crippen LogP contribution in [0, 0.1) is 0 Å². The van der Waals surface area contributed by atoms with Gasteiger partial charge >= 0.3 is 0 Å². The molecule has 132 valence electrons. The predicted molar refractivity (Wildman–Crippen MR) is 109 cm³/mol. The number of halogens is 2. The maximum Gasteiger partial charge on any atom is 0.193 e. The number of imidazole rings is 1. The first-order chi connectivity index (χ1) is 11.2. The third kappa shape index (κ3) is 6.96. The second-order valence-electron chi connectivity index (χ2n) is 5.00. The lowest BCUT2D eigenvalue weighted by Gasteiger charge is -2.22. The monoisotopic (exact) mass is 463 g/mol. The van der Waals surface area contributed by atoms with Crippen LogP contribution in [0.2, 0.25) is 5.02 Å². The summed E-state index contributed by atoms with van der Waals surface area (Å²) in [6.07, 6.45) is 5.51. The highest BCUT2D eigenvalue weighted by molar-refractivity contribution is 14.0. The van der Waals surface area contributed by atoms with Gasteiger partial charge in [0.2, 0.25) is 0 Å². The Bertz CT molecular complexity index is 603. The van der Waals surface area contributed by atoms with Gasteiger partial charge in [-0.3, -0.25) is 4.99 Å². The molecule has 0 spiro atoms. The SMILES string of the molecule is CN=C(NCCn1ccnc1)N(C)CCOc1ccc(Cl)cc1.I. The number of aliphatic imine (C=N–C) groups is 1. The van der Waals surface area contributed by atoms with Crippen molar-refractivity contribution in [1.29, 1.82) is 0 Å². The number of nitrogens with one attached hydrogen (secondary N) is 1. The third-order valence-electron chi connectivity index (χ3n) is 3.29. The van der Waals surface area contributed by atoms with Crippen LogP contribution in [0.1, 0.15) is 0 Å². The van der Waals surface area contributed by atoms with Crippen molar-refractivity contribution < 1.29 is 4.74 Å². The molecule has 0 aliphatic heterocycles. The summed E-state index contributed by atoms with van der Waals surface area (Å²) in [7, 11) is 3.76. The molecule has 0 atom stereocenters. The molecular weight excluding hydrogens is 441 g/mol. The van der Waals surface area contributed by atoms with Crippen LogP contribution in [0.3, 0.4) is 0 Å². The normalized spacial score (nSPS) is 10.9. The molecule has 0 fully saturated rings. The van der Waals surface area contributed by atoms with E-state index in [0.29, 0.717) is 11.6 Å². The van der Waals surface area contributed by atoms with Gasteiger partial charge in [0.1, 0.15) is 12.4 Å². The summed E-state index contributed by atoms with van der Waals surface area (Å²) in [5.74, 6) is 1.65. The van der Waals surface area contributed by atoms with E-state index in [0.717, 1.165) is 31.3 Å². The molecule has 6 nitrogen and oxygen atoms in total. The standard InChI is InChI=1S/C16H22ClN5O.HI/c1-18-16(20-8-10-22-9-7-19-13-22)21(2)11-12-23-15-5-3-14(17)4-6-15;/h3-7,9,13H,8,10-12H2,1-2H3,(H,18,20);1H. The quantitative estimate of drug-likeness (QED) is 0.390. The average Bonchev–Trinajstić information content (AvgIpc) is 3.06. The zero-order valence-corrected chi connectivity index (χ0v) is 16.9. The predicted octanol–water partition coefficient (Wildman–Crippen LogP) is 2.74. The van der Waals surface area contributed by atoms with E-state index < -0.39 is 0 Å². The van der Waals surface area contributed by atoms with Crippen LogP contribution < -0.4 is 10.1 Å². The van der Waals surface area contributed by atoms with E-state index in [2.05, 4.69) is 15.3 Å². The summed E-state index contributed by atoms with van der Waals surface area (Å²) in [6.45, 7) is 2.92. The summed E-state index contributed by atoms with van der Waals surface area (Å²) in [6, 6.07) is 7.36. The lowest BCUT2D eigenvalue weighted by Crippen LogP contribution is -2.41. The number of aromatic nitrogens is 2. The van der Waals surface area contributed by atoms with E-state index in [1.807, 2.05) is 47.0 Å². The van der Waals surface area contributed by atoms with Crippen molar-refractivity contribution >= 4 is 41.5 Å². The van der Waals surface area contributed by atoms with Crippen molar-refractivity contribution in [3.05, 3.63) is 48.0 Å². The largest absolute Gasteiger partial charge is 0.492 e. The summed E-state index contributed by atoms with van der Waals surface area (Å²) in [5, 5.41) is 4.02. The number of benzene rings is 1. The van der Waals surface area contributed by atoms with Crippen LogP contribution in [-0.2, 0) is 6.54 Å². The Morgan fingerprint density at radius 1 is 1.38 bits per heavy atom. The van der Waals surface area contributed by atoms with Gasteiger partial charge in [0.25, 0.3) is 0 Å². The van der Waals surface area contributed by atoms with Crippen LogP contribution in [0.15, 0.2) is 48.0 Å². The van der Waals surface area contributed by atoms with E-state index in [1.165, 1.54) is 0 Å². The number of hydrogen-bond donors (Lipinski definition) is 1. The molecule has 0 aliphatic rings. The number of ether oxygens (including phenoxy) is 1. The number of guanidine groups is 1. The zero-order valence-electron chi connectivity index (χ0n) is 13.9. The van der Waals surface area contributed by atoms with Crippen LogP contribution in [0.4, 0.5) is 0 Å². The van der Waals surface area contributed by atoms with Gasteiger partial charge in [0, 0.05) is 44.6 Å². The van der Waals surface area contributed by atoms with E-state index in [4.69, 9.17) is 16.3 Å². The molecule has 0 amide bonds. The summed E-state index contributed by atoms with van der Waals surface area (Å²) < 4.78 is 7.71. The molecule has 0 aliphatic carbocycles. The fourth-order valence-corrected chi connectivity index (χ4v) is 2.16. The van der Waals surface area contributed by atoms with Crippen molar-refractivity contribution in [3.8, 4) is 5.75 Å². The zero-order chi connectivity index (χ0) is 16.5. The Hall–Kier alpha value is -1.48. The Morgan fingerprint density at radius 3 is 2.75 bits per heavy atom. The van der Waals surface area contributed by atoms with Gasteiger partial charge in [-0.2, -0.15) is 0 Å². The molecule has 0 radical (unpaired) electrons. The molecule has 0 saturated carbocycles. The first-order valence-corrected chi connectivity index (χ1v) is 7.82. The Morgan fingerprint density at radius 2 is 2.12 bits per heavy atom. The minimum atomic E-state index is 0. The second-order valence-corrected chi connectivity index (χ2v) is 5.43. The Balaban J connectivity index is 0.00000288. The molecule has 2 rings (SSSR count). The minimum Gasteiger partial charge on any atom is -0.492 e. The Labute approximate surface area is 164 Å². The van der Waals surface area contributed by atoms with Gasteiger partial charge in [-0.25, -0.2) is 4.98 Å². The highest BCUT2D eigenvalue weighted by atomic mass is 127. The fraction of sp³-hybridized carbons (Fsp3) is 0.375. The summed E-state index contributed by atoms with van der Waals surface area (Å²) >= 11 is 5.85. The lowest BCUT2D eigenvalue weighted by molar-refractivity contribution is 0.281. The summed E-state index contributed by atoms with van der Waals surface area (Å²) in [5.41, 5.74) is 0. The van der Waals surface area contributed by atoms with E-state index in [9.17, 15) is 0 Å².